The molecule has 1 fully saturated rings. The second-order valence-electron chi connectivity index (χ2n) is 4.10. The first-order valence-electron chi connectivity index (χ1n) is 5.76. The number of carbonyl (C=O) groups is 1. The molecule has 1 unspecified atom stereocenters. The fraction of sp³-hybridized carbons (Fsp3) is 0.500. The zero-order valence-electron chi connectivity index (χ0n) is 9.49. The van der Waals surface area contributed by atoms with E-state index < -0.39 is 0 Å². The van der Waals surface area contributed by atoms with Crippen LogP contribution in [0.25, 0.3) is 0 Å². The molecular weight excluding hydrogens is 240 g/mol. The Balaban J connectivity index is 1.86. The Labute approximate surface area is 105 Å². The number of anilines is 1. The molecule has 1 aromatic heterocycles. The molecule has 2 heterocycles. The molecule has 1 N–H and O–H groups in total. The van der Waals surface area contributed by atoms with Gasteiger partial charge < -0.3 is 10.1 Å². The number of rotatable bonds is 3. The van der Waals surface area contributed by atoms with E-state index in [1.807, 2.05) is 0 Å². The first-order chi connectivity index (χ1) is 8.25. The fourth-order valence-corrected chi connectivity index (χ4v) is 2.00. The third-order valence-electron chi connectivity index (χ3n) is 2.73. The van der Waals surface area contributed by atoms with E-state index in [1.54, 1.807) is 18.5 Å². The van der Waals surface area contributed by atoms with Crippen LogP contribution in [0.3, 0.4) is 0 Å². The van der Waals surface area contributed by atoms with E-state index in [9.17, 15) is 4.79 Å². The van der Waals surface area contributed by atoms with E-state index in [1.165, 1.54) is 0 Å². The molecule has 1 aliphatic heterocycles. The van der Waals surface area contributed by atoms with Crippen molar-refractivity contribution in [3.8, 4) is 0 Å². The van der Waals surface area contributed by atoms with Crippen molar-refractivity contribution in [1.82, 2.24) is 4.98 Å². The molecule has 1 aromatic rings. The maximum atomic E-state index is 11.8. The highest BCUT2D eigenvalue weighted by molar-refractivity contribution is 6.33. The van der Waals surface area contributed by atoms with Gasteiger partial charge in [0.15, 0.2) is 0 Å². The van der Waals surface area contributed by atoms with Crippen LogP contribution in [0, 0.1) is 0 Å². The van der Waals surface area contributed by atoms with E-state index in [0.29, 0.717) is 17.1 Å². The minimum absolute atomic E-state index is 0.0409. The van der Waals surface area contributed by atoms with E-state index in [4.69, 9.17) is 16.3 Å². The Bertz CT molecular complexity index is 392. The number of hydrogen-bond acceptors (Lipinski definition) is 3. The van der Waals surface area contributed by atoms with E-state index in [0.717, 1.165) is 25.9 Å². The largest absolute Gasteiger partial charge is 0.378 e. The number of nitrogens with zero attached hydrogens (tertiary/aromatic N) is 1. The van der Waals surface area contributed by atoms with Gasteiger partial charge in [-0.2, -0.15) is 0 Å². The summed E-state index contributed by atoms with van der Waals surface area (Å²) in [5, 5.41) is 3.24. The number of carbonyl (C=O) groups excluding carboxylic acids is 1. The molecule has 0 bridgehead atoms. The van der Waals surface area contributed by atoms with Crippen molar-refractivity contribution < 1.29 is 9.53 Å². The van der Waals surface area contributed by atoms with Crippen LogP contribution < -0.4 is 5.32 Å². The Morgan fingerprint density at radius 2 is 2.47 bits per heavy atom. The Morgan fingerprint density at radius 3 is 3.18 bits per heavy atom. The summed E-state index contributed by atoms with van der Waals surface area (Å²) in [5.74, 6) is -0.0770. The lowest BCUT2D eigenvalue weighted by Crippen LogP contribution is -2.25. The summed E-state index contributed by atoms with van der Waals surface area (Å²) in [6.07, 6.45) is 6.72. The monoisotopic (exact) mass is 254 g/mol. The number of hydrogen-bond donors (Lipinski definition) is 1. The van der Waals surface area contributed by atoms with Crippen LogP contribution in [-0.4, -0.2) is 23.6 Å². The number of pyridine rings is 1. The highest BCUT2D eigenvalue weighted by Crippen LogP contribution is 2.21. The molecule has 1 amide bonds. The van der Waals surface area contributed by atoms with Gasteiger partial charge in [0.2, 0.25) is 5.91 Å². The highest BCUT2D eigenvalue weighted by atomic mass is 35.5. The number of halogens is 1. The van der Waals surface area contributed by atoms with Crippen molar-refractivity contribution in [2.24, 2.45) is 0 Å². The second kappa shape index (κ2) is 5.98. The van der Waals surface area contributed by atoms with Crippen LogP contribution in [0.1, 0.15) is 25.7 Å². The summed E-state index contributed by atoms with van der Waals surface area (Å²) in [5.41, 5.74) is 0.551. The van der Waals surface area contributed by atoms with E-state index in [-0.39, 0.29) is 12.0 Å². The lowest BCUT2D eigenvalue weighted by Gasteiger charge is -2.21. The third kappa shape index (κ3) is 3.68. The Hall–Kier alpha value is -1.13. The zero-order valence-corrected chi connectivity index (χ0v) is 10.2. The van der Waals surface area contributed by atoms with Crippen LogP contribution in [0.4, 0.5) is 5.69 Å². The fourth-order valence-electron chi connectivity index (χ4n) is 1.85. The molecule has 1 saturated heterocycles. The van der Waals surface area contributed by atoms with Gasteiger partial charge in [0.25, 0.3) is 0 Å². The Morgan fingerprint density at radius 1 is 1.59 bits per heavy atom. The van der Waals surface area contributed by atoms with Crippen molar-refractivity contribution in [3.05, 3.63) is 23.5 Å². The van der Waals surface area contributed by atoms with Gasteiger partial charge in [0, 0.05) is 12.8 Å². The van der Waals surface area contributed by atoms with Gasteiger partial charge in [-0.3, -0.25) is 9.78 Å². The molecular formula is C12H15ClN2O2. The van der Waals surface area contributed by atoms with Crippen LogP contribution in [0.5, 0.6) is 0 Å². The van der Waals surface area contributed by atoms with E-state index in [2.05, 4.69) is 10.3 Å². The molecule has 4 nitrogen and oxygen atoms in total. The van der Waals surface area contributed by atoms with Gasteiger partial charge >= 0.3 is 0 Å². The van der Waals surface area contributed by atoms with Gasteiger partial charge in [-0.25, -0.2) is 0 Å². The molecule has 0 aliphatic carbocycles. The average Bonchev–Trinajstić information content (AvgIpc) is 2.33. The topological polar surface area (TPSA) is 51.2 Å². The lowest BCUT2D eigenvalue weighted by molar-refractivity contribution is -0.119. The molecule has 92 valence electrons. The molecule has 2 rings (SSSR count). The maximum absolute atomic E-state index is 11.8. The van der Waals surface area contributed by atoms with Gasteiger partial charge in [0.1, 0.15) is 0 Å². The predicted octanol–water partition coefficient (Wildman–Crippen LogP) is 2.63. The molecule has 0 spiro atoms. The van der Waals surface area contributed by atoms with Crippen molar-refractivity contribution in [2.75, 3.05) is 11.9 Å². The van der Waals surface area contributed by atoms with Crippen molar-refractivity contribution in [1.29, 1.82) is 0 Å². The van der Waals surface area contributed by atoms with Crippen LogP contribution in [0.15, 0.2) is 18.5 Å². The number of amides is 1. The lowest BCUT2D eigenvalue weighted by atomic mass is 10.1. The smallest absolute Gasteiger partial charge is 0.227 e. The average molecular weight is 255 g/mol. The van der Waals surface area contributed by atoms with Gasteiger partial charge in [0.05, 0.1) is 29.4 Å². The molecule has 0 aromatic carbocycles. The molecule has 0 saturated carbocycles. The standard InChI is InChI=1S/C12H15ClN2O2/c13-10-4-5-14-8-11(10)15-12(16)7-9-3-1-2-6-17-9/h4-5,8-9H,1-3,6-7H2,(H,15,16). The summed E-state index contributed by atoms with van der Waals surface area (Å²) in [4.78, 5) is 15.7. The van der Waals surface area contributed by atoms with Crippen LogP contribution in [0.2, 0.25) is 5.02 Å². The SMILES string of the molecule is O=C(CC1CCCCO1)Nc1cnccc1Cl. The third-order valence-corrected chi connectivity index (χ3v) is 3.06. The summed E-state index contributed by atoms with van der Waals surface area (Å²) in [7, 11) is 0. The minimum Gasteiger partial charge on any atom is -0.378 e. The molecule has 1 aliphatic rings. The van der Waals surface area contributed by atoms with Crippen molar-refractivity contribution >= 4 is 23.2 Å². The molecule has 0 radical (unpaired) electrons. The van der Waals surface area contributed by atoms with Gasteiger partial charge in [-0.1, -0.05) is 11.6 Å². The molecule has 17 heavy (non-hydrogen) atoms. The molecule has 5 heteroatoms. The summed E-state index contributed by atoms with van der Waals surface area (Å²) in [6.45, 7) is 0.756. The number of aromatic nitrogens is 1. The summed E-state index contributed by atoms with van der Waals surface area (Å²) in [6, 6.07) is 1.65. The maximum Gasteiger partial charge on any atom is 0.227 e. The second-order valence-corrected chi connectivity index (χ2v) is 4.50. The first kappa shape index (κ1) is 12.3. The zero-order chi connectivity index (χ0) is 12.1. The van der Waals surface area contributed by atoms with Crippen molar-refractivity contribution in [3.63, 3.8) is 0 Å². The number of ether oxygens (including phenoxy) is 1. The minimum atomic E-state index is -0.0770. The Kier molecular flexibility index (Phi) is 4.34. The molecule has 1 atom stereocenters. The first-order valence-corrected chi connectivity index (χ1v) is 6.14. The normalized spacial score (nSPS) is 19.9. The van der Waals surface area contributed by atoms with Gasteiger partial charge in [-0.15, -0.1) is 0 Å². The van der Waals surface area contributed by atoms with Crippen LogP contribution in [-0.2, 0) is 9.53 Å². The predicted molar refractivity (Wildman–Crippen MR) is 66.1 cm³/mol. The number of nitrogens with one attached hydrogen (secondary N) is 1. The highest BCUT2D eigenvalue weighted by Gasteiger charge is 2.18. The summed E-state index contributed by atoms with van der Waals surface area (Å²) < 4.78 is 5.51. The summed E-state index contributed by atoms with van der Waals surface area (Å²) >= 11 is 5.93. The van der Waals surface area contributed by atoms with Crippen LogP contribution >= 0.6 is 11.6 Å². The van der Waals surface area contributed by atoms with Gasteiger partial charge in [-0.05, 0) is 25.3 Å². The van der Waals surface area contributed by atoms with E-state index >= 15 is 0 Å². The quantitative estimate of drug-likeness (QED) is 0.902. The van der Waals surface area contributed by atoms with Crippen molar-refractivity contribution in [2.45, 2.75) is 31.8 Å².